The van der Waals surface area contributed by atoms with Crippen LogP contribution < -0.4 is 5.73 Å². The number of hydrogen-bond acceptors (Lipinski definition) is 4. The highest BCUT2D eigenvalue weighted by atomic mass is 19.1. The highest BCUT2D eigenvalue weighted by molar-refractivity contribution is 5.91. The number of aryl methyl sites for hydroxylation is 1. The number of methoxy groups -OCH3 is 1. The van der Waals surface area contributed by atoms with Crippen molar-refractivity contribution < 1.29 is 13.9 Å². The molecule has 0 aliphatic rings. The van der Waals surface area contributed by atoms with Crippen molar-refractivity contribution in [3.05, 3.63) is 41.3 Å². The number of halogens is 1. The van der Waals surface area contributed by atoms with Crippen molar-refractivity contribution in [2.45, 2.75) is 6.92 Å². The summed E-state index contributed by atoms with van der Waals surface area (Å²) in [4.78, 5) is 11.4. The molecular formula is C12H12FN3O2. The third-order valence-corrected chi connectivity index (χ3v) is 2.56. The van der Waals surface area contributed by atoms with Gasteiger partial charge in [-0.3, -0.25) is 0 Å². The summed E-state index contributed by atoms with van der Waals surface area (Å²) in [6.07, 6.45) is 1.55. The first-order valence-corrected chi connectivity index (χ1v) is 5.23. The highest BCUT2D eigenvalue weighted by Crippen LogP contribution is 2.19. The van der Waals surface area contributed by atoms with Crippen LogP contribution in [0.5, 0.6) is 0 Å². The Bertz CT molecular complexity index is 607. The van der Waals surface area contributed by atoms with E-state index in [0.717, 1.165) is 6.07 Å². The number of esters is 1. The molecule has 0 fully saturated rings. The molecule has 0 atom stereocenters. The van der Waals surface area contributed by atoms with Gasteiger partial charge in [0.1, 0.15) is 17.3 Å². The summed E-state index contributed by atoms with van der Waals surface area (Å²) < 4.78 is 19.8. The second kappa shape index (κ2) is 4.48. The standard InChI is InChI=1S/C12H12FN3O2/c1-7-5-10(16-4-3-11(14)15-16)9(13)6-8(7)12(17)18-2/h3-6H,1-2H3,(H2,14,15). The Morgan fingerprint density at radius 3 is 2.78 bits per heavy atom. The number of rotatable bonds is 2. The predicted octanol–water partition coefficient (Wildman–Crippen LogP) is 1.69. The van der Waals surface area contributed by atoms with Crippen molar-refractivity contribution in [3.8, 4) is 5.69 Å². The fraction of sp³-hybridized carbons (Fsp3) is 0.167. The number of aromatic nitrogens is 2. The van der Waals surface area contributed by atoms with E-state index in [-0.39, 0.29) is 11.3 Å². The van der Waals surface area contributed by atoms with Crippen LogP contribution in [0.4, 0.5) is 10.2 Å². The zero-order valence-electron chi connectivity index (χ0n) is 9.98. The van der Waals surface area contributed by atoms with Gasteiger partial charge in [-0.2, -0.15) is 5.10 Å². The SMILES string of the molecule is COC(=O)c1cc(F)c(-n2ccc(N)n2)cc1C. The first-order valence-electron chi connectivity index (χ1n) is 5.23. The molecule has 0 aliphatic heterocycles. The second-order valence-corrected chi connectivity index (χ2v) is 3.80. The lowest BCUT2D eigenvalue weighted by atomic mass is 10.1. The van der Waals surface area contributed by atoms with Crippen LogP contribution in [0.25, 0.3) is 5.69 Å². The quantitative estimate of drug-likeness (QED) is 0.822. The van der Waals surface area contributed by atoms with E-state index in [1.807, 2.05) is 0 Å². The fourth-order valence-corrected chi connectivity index (χ4v) is 1.64. The maximum absolute atomic E-state index is 13.9. The first kappa shape index (κ1) is 12.1. The molecule has 0 aliphatic carbocycles. The van der Waals surface area contributed by atoms with Crippen LogP contribution in [-0.4, -0.2) is 22.9 Å². The van der Waals surface area contributed by atoms with Crippen LogP contribution in [0.15, 0.2) is 24.4 Å². The molecule has 1 aromatic carbocycles. The molecule has 1 heterocycles. The number of anilines is 1. The number of carbonyl (C=O) groups excluding carboxylic acids is 1. The van der Waals surface area contributed by atoms with Crippen molar-refractivity contribution in [2.24, 2.45) is 0 Å². The highest BCUT2D eigenvalue weighted by Gasteiger charge is 2.15. The molecule has 0 spiro atoms. The number of ether oxygens (including phenoxy) is 1. The maximum Gasteiger partial charge on any atom is 0.338 e. The first-order chi connectivity index (χ1) is 8.52. The topological polar surface area (TPSA) is 70.1 Å². The minimum absolute atomic E-state index is 0.193. The maximum atomic E-state index is 13.9. The van der Waals surface area contributed by atoms with Crippen molar-refractivity contribution in [3.63, 3.8) is 0 Å². The average Bonchev–Trinajstić information content (AvgIpc) is 2.77. The summed E-state index contributed by atoms with van der Waals surface area (Å²) in [7, 11) is 1.25. The molecule has 2 aromatic rings. The third kappa shape index (κ3) is 2.04. The molecule has 5 nitrogen and oxygen atoms in total. The number of nitrogen functional groups attached to an aromatic ring is 1. The van der Waals surface area contributed by atoms with Gasteiger partial charge in [0.2, 0.25) is 0 Å². The summed E-state index contributed by atoms with van der Waals surface area (Å²) in [5.41, 5.74) is 6.51. The third-order valence-electron chi connectivity index (χ3n) is 2.56. The summed E-state index contributed by atoms with van der Waals surface area (Å²) in [5, 5.41) is 3.92. The lowest BCUT2D eigenvalue weighted by Gasteiger charge is -2.08. The molecule has 0 amide bonds. The largest absolute Gasteiger partial charge is 0.465 e. The van der Waals surface area contributed by atoms with E-state index in [2.05, 4.69) is 9.84 Å². The van der Waals surface area contributed by atoms with Gasteiger partial charge in [-0.15, -0.1) is 0 Å². The van der Waals surface area contributed by atoms with Gasteiger partial charge in [0.05, 0.1) is 12.7 Å². The van der Waals surface area contributed by atoms with E-state index in [4.69, 9.17) is 5.73 Å². The molecule has 6 heteroatoms. The Balaban J connectivity index is 2.52. The van der Waals surface area contributed by atoms with Crippen LogP contribution in [0.2, 0.25) is 0 Å². The Hall–Kier alpha value is -2.37. The van der Waals surface area contributed by atoms with E-state index in [0.29, 0.717) is 11.4 Å². The molecular weight excluding hydrogens is 237 g/mol. The van der Waals surface area contributed by atoms with Crippen LogP contribution in [0.3, 0.4) is 0 Å². The van der Waals surface area contributed by atoms with E-state index in [9.17, 15) is 9.18 Å². The number of carbonyl (C=O) groups is 1. The Morgan fingerprint density at radius 2 is 2.22 bits per heavy atom. The Labute approximate surface area is 103 Å². The number of nitrogens with two attached hydrogens (primary N) is 1. The van der Waals surface area contributed by atoms with Crippen molar-refractivity contribution in [2.75, 3.05) is 12.8 Å². The zero-order valence-corrected chi connectivity index (χ0v) is 9.98. The van der Waals surface area contributed by atoms with Gasteiger partial charge in [-0.1, -0.05) is 0 Å². The summed E-state index contributed by atoms with van der Waals surface area (Å²) in [5.74, 6) is -0.842. The average molecular weight is 249 g/mol. The molecule has 1 aromatic heterocycles. The van der Waals surface area contributed by atoms with Gasteiger partial charge in [-0.05, 0) is 24.6 Å². The van der Waals surface area contributed by atoms with Crippen LogP contribution in [-0.2, 0) is 4.74 Å². The zero-order chi connectivity index (χ0) is 13.3. The molecule has 0 saturated carbocycles. The van der Waals surface area contributed by atoms with E-state index < -0.39 is 11.8 Å². The molecule has 18 heavy (non-hydrogen) atoms. The van der Waals surface area contributed by atoms with E-state index in [1.165, 1.54) is 17.9 Å². The lowest BCUT2D eigenvalue weighted by molar-refractivity contribution is 0.0599. The van der Waals surface area contributed by atoms with Crippen LogP contribution in [0.1, 0.15) is 15.9 Å². The molecule has 94 valence electrons. The number of benzene rings is 1. The Kier molecular flexibility index (Phi) is 3.01. The van der Waals surface area contributed by atoms with Gasteiger partial charge in [0.15, 0.2) is 0 Å². The molecule has 0 unspecified atom stereocenters. The summed E-state index contributed by atoms with van der Waals surface area (Å²) in [6, 6.07) is 4.21. The van der Waals surface area contributed by atoms with Crippen LogP contribution >= 0.6 is 0 Å². The minimum Gasteiger partial charge on any atom is -0.465 e. The summed E-state index contributed by atoms with van der Waals surface area (Å²) >= 11 is 0. The van der Waals surface area contributed by atoms with Gasteiger partial charge >= 0.3 is 5.97 Å². The second-order valence-electron chi connectivity index (χ2n) is 3.80. The normalized spacial score (nSPS) is 10.4. The molecule has 2 N–H and O–H groups in total. The Morgan fingerprint density at radius 1 is 1.50 bits per heavy atom. The van der Waals surface area contributed by atoms with Crippen molar-refractivity contribution in [1.82, 2.24) is 9.78 Å². The van der Waals surface area contributed by atoms with Crippen LogP contribution in [0, 0.1) is 12.7 Å². The molecule has 0 bridgehead atoms. The predicted molar refractivity (Wildman–Crippen MR) is 64.0 cm³/mol. The van der Waals surface area contributed by atoms with Gasteiger partial charge in [-0.25, -0.2) is 13.9 Å². The monoisotopic (exact) mass is 249 g/mol. The molecule has 2 rings (SSSR count). The van der Waals surface area contributed by atoms with E-state index >= 15 is 0 Å². The summed E-state index contributed by atoms with van der Waals surface area (Å²) in [6.45, 7) is 1.70. The van der Waals surface area contributed by atoms with Gasteiger partial charge < -0.3 is 10.5 Å². The van der Waals surface area contributed by atoms with Gasteiger partial charge in [0.25, 0.3) is 0 Å². The van der Waals surface area contributed by atoms with E-state index in [1.54, 1.807) is 19.2 Å². The number of hydrogen-bond donors (Lipinski definition) is 1. The lowest BCUT2D eigenvalue weighted by Crippen LogP contribution is -2.07. The minimum atomic E-state index is -0.571. The fourth-order valence-electron chi connectivity index (χ4n) is 1.64. The van der Waals surface area contributed by atoms with Gasteiger partial charge in [0, 0.05) is 12.3 Å². The molecule has 0 saturated heterocycles. The smallest absolute Gasteiger partial charge is 0.338 e. The number of nitrogens with zero attached hydrogens (tertiary/aromatic N) is 2. The molecule has 0 radical (unpaired) electrons. The van der Waals surface area contributed by atoms with Crippen molar-refractivity contribution >= 4 is 11.8 Å². The van der Waals surface area contributed by atoms with Crippen molar-refractivity contribution in [1.29, 1.82) is 0 Å².